The van der Waals surface area contributed by atoms with Gasteiger partial charge in [-0.3, -0.25) is 14.4 Å². The van der Waals surface area contributed by atoms with Crippen LogP contribution < -0.4 is 0 Å². The number of hydrogen-bond acceptors (Lipinski definition) is 3. The van der Waals surface area contributed by atoms with Gasteiger partial charge in [0.15, 0.2) is 0 Å². The van der Waals surface area contributed by atoms with Crippen molar-refractivity contribution in [3.63, 3.8) is 0 Å². The molecule has 4 bridgehead atoms. The van der Waals surface area contributed by atoms with Crippen molar-refractivity contribution in [2.45, 2.75) is 58.8 Å². The van der Waals surface area contributed by atoms with Gasteiger partial charge in [-0.1, -0.05) is 32.4 Å². The zero-order chi connectivity index (χ0) is 20.3. The Bertz CT molecular complexity index is 806. The molecule has 0 N–H and O–H groups in total. The third-order valence-electron chi connectivity index (χ3n) is 7.92. The van der Waals surface area contributed by atoms with Crippen LogP contribution >= 0.6 is 0 Å². The minimum atomic E-state index is -0.377. The van der Waals surface area contributed by atoms with Gasteiger partial charge in [0.2, 0.25) is 5.91 Å². The van der Waals surface area contributed by atoms with Crippen molar-refractivity contribution in [2.75, 3.05) is 6.54 Å². The van der Waals surface area contributed by atoms with Gasteiger partial charge in [-0.15, -0.1) is 0 Å². The second kappa shape index (κ2) is 6.68. The van der Waals surface area contributed by atoms with Crippen molar-refractivity contribution in [3.05, 3.63) is 35.4 Å². The molecule has 0 saturated heterocycles. The molecule has 4 fully saturated rings. The minimum absolute atomic E-state index is 0.0198. The molecule has 1 atom stereocenters. The molecule has 5 nitrogen and oxygen atoms in total. The summed E-state index contributed by atoms with van der Waals surface area (Å²) >= 11 is 0. The lowest BCUT2D eigenvalue weighted by molar-refractivity contribution is -0.169. The molecule has 5 aliphatic rings. The summed E-state index contributed by atoms with van der Waals surface area (Å²) < 4.78 is 0. The number of carbonyl (C=O) groups excluding carboxylic acids is 3. The van der Waals surface area contributed by atoms with Crippen LogP contribution in [0.4, 0.5) is 0 Å². The average Bonchev–Trinajstić information content (AvgIpc) is 2.95. The van der Waals surface area contributed by atoms with Gasteiger partial charge in [-0.2, -0.15) is 5.01 Å². The highest BCUT2D eigenvalue weighted by molar-refractivity contribution is 6.21. The topological polar surface area (TPSA) is 57.7 Å². The summed E-state index contributed by atoms with van der Waals surface area (Å²) in [4.78, 5) is 40.4. The maximum Gasteiger partial charge on any atom is 0.280 e. The standard InChI is InChI=1S/C24H30N2O3/c1-3-15(2)14-25(26-21(27)19-6-4-5-7-20(19)22(26)28)23(29)24-11-16-8-17(12-24)10-18(9-16)13-24/h4-7,15-18H,3,8-14H2,1-2H3. The van der Waals surface area contributed by atoms with E-state index in [1.54, 1.807) is 29.3 Å². The summed E-state index contributed by atoms with van der Waals surface area (Å²) in [7, 11) is 0. The van der Waals surface area contributed by atoms with Crippen LogP contribution in [0.15, 0.2) is 24.3 Å². The number of amides is 3. The summed E-state index contributed by atoms with van der Waals surface area (Å²) in [6.45, 7) is 4.58. The number of fused-ring (bicyclic) bond motifs is 1. The van der Waals surface area contributed by atoms with E-state index in [2.05, 4.69) is 13.8 Å². The quantitative estimate of drug-likeness (QED) is 0.700. The highest BCUT2D eigenvalue weighted by atomic mass is 16.2. The van der Waals surface area contributed by atoms with Crippen LogP contribution in [0, 0.1) is 29.1 Å². The van der Waals surface area contributed by atoms with E-state index >= 15 is 0 Å². The SMILES string of the molecule is CCC(C)CN(C(=O)C12CC3CC(CC(C3)C1)C2)N1C(=O)c2ccccc2C1=O. The maximum absolute atomic E-state index is 14.1. The van der Waals surface area contributed by atoms with E-state index in [9.17, 15) is 14.4 Å². The molecule has 1 aliphatic heterocycles. The van der Waals surface area contributed by atoms with Crippen molar-refractivity contribution in [3.8, 4) is 0 Å². The molecule has 4 aliphatic carbocycles. The normalized spacial score (nSPS) is 33.2. The molecular formula is C24H30N2O3. The number of hydrogen-bond donors (Lipinski definition) is 0. The lowest BCUT2D eigenvalue weighted by Gasteiger charge is -2.57. The van der Waals surface area contributed by atoms with Crippen LogP contribution in [0.1, 0.15) is 79.5 Å². The molecule has 1 heterocycles. The van der Waals surface area contributed by atoms with E-state index in [-0.39, 0.29) is 29.1 Å². The monoisotopic (exact) mass is 394 g/mol. The fraction of sp³-hybridized carbons (Fsp3) is 0.625. The average molecular weight is 395 g/mol. The highest BCUT2D eigenvalue weighted by Gasteiger charge is 2.57. The summed E-state index contributed by atoms with van der Waals surface area (Å²) in [6.07, 6.45) is 7.45. The molecule has 6 rings (SSSR count). The van der Waals surface area contributed by atoms with E-state index in [0.29, 0.717) is 35.4 Å². The Kier molecular flexibility index (Phi) is 4.34. The number of benzene rings is 1. The first kappa shape index (κ1) is 18.8. The van der Waals surface area contributed by atoms with Gasteiger partial charge in [0.1, 0.15) is 0 Å². The molecule has 4 saturated carbocycles. The van der Waals surface area contributed by atoms with Gasteiger partial charge >= 0.3 is 0 Å². The second-order valence-corrected chi connectivity index (χ2v) is 10.1. The van der Waals surface area contributed by atoms with Gasteiger partial charge in [-0.25, -0.2) is 5.01 Å². The van der Waals surface area contributed by atoms with E-state index in [0.717, 1.165) is 30.7 Å². The van der Waals surface area contributed by atoms with Crippen molar-refractivity contribution >= 4 is 17.7 Å². The third-order valence-corrected chi connectivity index (χ3v) is 7.92. The fourth-order valence-electron chi connectivity index (χ4n) is 6.72. The molecule has 29 heavy (non-hydrogen) atoms. The number of imide groups is 1. The summed E-state index contributed by atoms with van der Waals surface area (Å²) in [6, 6.07) is 6.92. The van der Waals surface area contributed by atoms with Crippen LogP contribution in [-0.2, 0) is 4.79 Å². The molecule has 5 heteroatoms. The van der Waals surface area contributed by atoms with Crippen LogP contribution in [0.25, 0.3) is 0 Å². The Hall–Kier alpha value is -2.17. The van der Waals surface area contributed by atoms with E-state index in [4.69, 9.17) is 0 Å². The Balaban J connectivity index is 1.51. The van der Waals surface area contributed by atoms with Gasteiger partial charge in [0.05, 0.1) is 16.5 Å². The predicted octanol–water partition coefficient (Wildman–Crippen LogP) is 4.29. The maximum atomic E-state index is 14.1. The van der Waals surface area contributed by atoms with Gasteiger partial charge in [0.25, 0.3) is 11.8 Å². The smallest absolute Gasteiger partial charge is 0.272 e. The van der Waals surface area contributed by atoms with E-state index in [1.807, 2.05) is 0 Å². The summed E-state index contributed by atoms with van der Waals surface area (Å²) in [5.74, 6) is 1.44. The first-order valence-corrected chi connectivity index (χ1v) is 11.2. The first-order valence-electron chi connectivity index (χ1n) is 11.2. The Morgan fingerprint density at radius 3 is 1.97 bits per heavy atom. The largest absolute Gasteiger partial charge is 0.280 e. The molecule has 0 radical (unpaired) electrons. The van der Waals surface area contributed by atoms with Gasteiger partial charge in [-0.05, 0) is 74.3 Å². The Morgan fingerprint density at radius 2 is 1.52 bits per heavy atom. The molecule has 1 aromatic carbocycles. The van der Waals surface area contributed by atoms with Gasteiger partial charge < -0.3 is 0 Å². The fourth-order valence-corrected chi connectivity index (χ4v) is 6.72. The van der Waals surface area contributed by atoms with Crippen LogP contribution in [0.5, 0.6) is 0 Å². The second-order valence-electron chi connectivity index (χ2n) is 10.1. The molecule has 0 spiro atoms. The number of carbonyl (C=O) groups is 3. The molecular weight excluding hydrogens is 364 g/mol. The number of hydrazine groups is 1. The van der Waals surface area contributed by atoms with Crippen molar-refractivity contribution in [1.29, 1.82) is 0 Å². The zero-order valence-corrected chi connectivity index (χ0v) is 17.4. The van der Waals surface area contributed by atoms with E-state index in [1.165, 1.54) is 19.3 Å². The predicted molar refractivity (Wildman–Crippen MR) is 109 cm³/mol. The Morgan fingerprint density at radius 1 is 1.03 bits per heavy atom. The van der Waals surface area contributed by atoms with Crippen LogP contribution in [-0.4, -0.2) is 34.3 Å². The molecule has 3 amide bonds. The number of rotatable bonds is 5. The minimum Gasteiger partial charge on any atom is -0.272 e. The molecule has 1 aromatic rings. The lowest BCUT2D eigenvalue weighted by Crippen LogP contribution is -2.60. The molecule has 154 valence electrons. The number of nitrogens with zero attached hydrogens (tertiary/aromatic N) is 2. The lowest BCUT2D eigenvalue weighted by atomic mass is 9.49. The van der Waals surface area contributed by atoms with Crippen LogP contribution in [0.2, 0.25) is 0 Å². The third kappa shape index (κ3) is 2.84. The van der Waals surface area contributed by atoms with Crippen molar-refractivity contribution in [2.24, 2.45) is 29.1 Å². The van der Waals surface area contributed by atoms with Gasteiger partial charge in [0, 0.05) is 6.54 Å². The van der Waals surface area contributed by atoms with Crippen LogP contribution in [0.3, 0.4) is 0 Å². The Labute approximate surface area is 172 Å². The summed E-state index contributed by atoms with van der Waals surface area (Å²) in [5.41, 5.74) is 0.437. The van der Waals surface area contributed by atoms with E-state index < -0.39 is 0 Å². The molecule has 0 aromatic heterocycles. The molecule has 1 unspecified atom stereocenters. The zero-order valence-electron chi connectivity index (χ0n) is 17.4. The van der Waals surface area contributed by atoms with Crippen molar-refractivity contribution in [1.82, 2.24) is 10.0 Å². The summed E-state index contributed by atoms with van der Waals surface area (Å²) in [5, 5.41) is 2.71. The highest BCUT2D eigenvalue weighted by Crippen LogP contribution is 2.60. The first-order chi connectivity index (χ1) is 13.9. The van der Waals surface area contributed by atoms with Crippen molar-refractivity contribution < 1.29 is 14.4 Å².